The third-order valence-corrected chi connectivity index (χ3v) is 3.74. The maximum Gasteiger partial charge on any atom is 0.433 e. The summed E-state index contributed by atoms with van der Waals surface area (Å²) in [5, 5.41) is 20.2. The molecule has 3 aromatic rings. The van der Waals surface area contributed by atoms with E-state index in [1.54, 1.807) is 23.6 Å². The molecule has 1 aromatic carbocycles. The molecule has 0 fully saturated rings. The Hall–Kier alpha value is -3.14. The molecule has 0 saturated heterocycles. The molecule has 2 aromatic heterocycles. The van der Waals surface area contributed by atoms with Crippen LogP contribution in [0.2, 0.25) is 0 Å². The molecule has 10 heteroatoms. The van der Waals surface area contributed by atoms with Gasteiger partial charge in [-0.1, -0.05) is 23.9 Å². The molecule has 8 nitrogen and oxygen atoms in total. The maximum atomic E-state index is 13.8. The van der Waals surface area contributed by atoms with Gasteiger partial charge in [0.25, 0.3) is 0 Å². The smallest absolute Gasteiger partial charge is 0.401 e. The van der Waals surface area contributed by atoms with Crippen molar-refractivity contribution in [3.05, 3.63) is 63.5 Å². The summed E-state index contributed by atoms with van der Waals surface area (Å²) in [6.07, 6.45) is 1.52. The molecule has 0 saturated carbocycles. The number of aromatic nitrogens is 3. The number of rotatable bonds is 5. The fraction of sp³-hybridized carbons (Fsp3) is 0. The van der Waals surface area contributed by atoms with Crippen molar-refractivity contribution in [3.63, 3.8) is 0 Å². The molecule has 2 N–H and O–H groups in total. The van der Waals surface area contributed by atoms with Crippen LogP contribution in [-0.4, -0.2) is 19.8 Å². The van der Waals surface area contributed by atoms with Crippen LogP contribution >= 0.6 is 11.8 Å². The fourth-order valence-electron chi connectivity index (χ4n) is 1.88. The molecule has 0 unspecified atom stereocenters. The lowest BCUT2D eigenvalue weighted by Gasteiger charge is -2.02. The Bertz CT molecular complexity index is 921. The van der Waals surface area contributed by atoms with Gasteiger partial charge >= 0.3 is 5.88 Å². The summed E-state index contributed by atoms with van der Waals surface area (Å²) in [7, 11) is 0. The van der Waals surface area contributed by atoms with Crippen molar-refractivity contribution in [2.75, 3.05) is 5.84 Å². The number of nitrogen functional groups attached to an aromatic ring is 1. The van der Waals surface area contributed by atoms with E-state index in [1.165, 1.54) is 24.3 Å². The summed E-state index contributed by atoms with van der Waals surface area (Å²) < 4.78 is 19.9. The maximum absolute atomic E-state index is 13.8. The minimum atomic E-state index is -0.623. The summed E-state index contributed by atoms with van der Waals surface area (Å²) in [5.74, 6) is 5.59. The SMILES string of the molecule is Nn1c(S/C=C/c2ccc([N+](=O)[O-])o2)nnc1-c1ccccc1F. The predicted molar refractivity (Wildman–Crippen MR) is 85.8 cm³/mol. The normalized spacial score (nSPS) is 11.2. The van der Waals surface area contributed by atoms with Crippen molar-refractivity contribution in [2.24, 2.45) is 0 Å². The largest absolute Gasteiger partial charge is 0.433 e. The highest BCUT2D eigenvalue weighted by Gasteiger charge is 2.14. The molecule has 122 valence electrons. The lowest BCUT2D eigenvalue weighted by Crippen LogP contribution is -2.11. The van der Waals surface area contributed by atoms with Gasteiger partial charge in [0, 0.05) is 0 Å². The zero-order chi connectivity index (χ0) is 17.1. The van der Waals surface area contributed by atoms with Gasteiger partial charge in [0.05, 0.1) is 11.6 Å². The van der Waals surface area contributed by atoms with E-state index in [4.69, 9.17) is 10.3 Å². The molecule has 0 aliphatic heterocycles. The molecule has 3 rings (SSSR count). The van der Waals surface area contributed by atoms with Crippen LogP contribution in [-0.2, 0) is 0 Å². The number of hydrogen-bond acceptors (Lipinski definition) is 7. The van der Waals surface area contributed by atoms with Gasteiger partial charge in [0.15, 0.2) is 5.82 Å². The van der Waals surface area contributed by atoms with Crippen LogP contribution in [0, 0.1) is 15.9 Å². The van der Waals surface area contributed by atoms with E-state index in [0.717, 1.165) is 16.4 Å². The number of halogens is 1. The Morgan fingerprint density at radius 3 is 2.79 bits per heavy atom. The Morgan fingerprint density at radius 1 is 1.29 bits per heavy atom. The fourth-order valence-corrected chi connectivity index (χ4v) is 2.49. The monoisotopic (exact) mass is 347 g/mol. The van der Waals surface area contributed by atoms with Gasteiger partial charge in [-0.3, -0.25) is 10.1 Å². The Balaban J connectivity index is 1.76. The number of nitrogens with two attached hydrogens (primary N) is 1. The van der Waals surface area contributed by atoms with Gasteiger partial charge in [-0.05, 0) is 29.7 Å². The predicted octanol–water partition coefficient (Wildman–Crippen LogP) is 3.06. The highest BCUT2D eigenvalue weighted by atomic mass is 32.2. The Labute approximate surface area is 138 Å². The van der Waals surface area contributed by atoms with Crippen LogP contribution < -0.4 is 5.84 Å². The van der Waals surface area contributed by atoms with Gasteiger partial charge in [0.1, 0.15) is 16.5 Å². The Morgan fingerprint density at radius 2 is 2.08 bits per heavy atom. The van der Waals surface area contributed by atoms with Crippen LogP contribution in [0.1, 0.15) is 5.76 Å². The zero-order valence-electron chi connectivity index (χ0n) is 12.0. The van der Waals surface area contributed by atoms with E-state index in [9.17, 15) is 14.5 Å². The summed E-state index contributed by atoms with van der Waals surface area (Å²) in [5.41, 5.74) is 0.241. The number of thioether (sulfide) groups is 1. The first kappa shape index (κ1) is 15.7. The first-order valence-corrected chi connectivity index (χ1v) is 7.47. The first-order valence-electron chi connectivity index (χ1n) is 6.59. The lowest BCUT2D eigenvalue weighted by atomic mass is 10.2. The average molecular weight is 347 g/mol. The van der Waals surface area contributed by atoms with Gasteiger partial charge in [-0.25, -0.2) is 9.07 Å². The minimum absolute atomic E-state index is 0.192. The highest BCUT2D eigenvalue weighted by molar-refractivity contribution is 8.02. The van der Waals surface area contributed by atoms with E-state index in [-0.39, 0.29) is 17.3 Å². The van der Waals surface area contributed by atoms with Crippen molar-refractivity contribution < 1.29 is 13.7 Å². The third kappa shape index (κ3) is 3.13. The molecule has 0 atom stereocenters. The molecular weight excluding hydrogens is 337 g/mol. The van der Waals surface area contributed by atoms with E-state index in [2.05, 4.69) is 10.2 Å². The van der Waals surface area contributed by atoms with Gasteiger partial charge < -0.3 is 10.3 Å². The van der Waals surface area contributed by atoms with Crippen molar-refractivity contribution >= 4 is 23.7 Å². The average Bonchev–Trinajstić information content (AvgIpc) is 3.16. The molecule has 24 heavy (non-hydrogen) atoms. The number of hydrogen-bond donors (Lipinski definition) is 1. The molecular formula is C14H10FN5O3S. The number of furan rings is 1. The van der Waals surface area contributed by atoms with Gasteiger partial charge in [-0.2, -0.15) is 0 Å². The highest BCUT2D eigenvalue weighted by Crippen LogP contribution is 2.25. The second-order valence-corrected chi connectivity index (χ2v) is 5.38. The van der Waals surface area contributed by atoms with Crippen molar-refractivity contribution in [1.29, 1.82) is 0 Å². The van der Waals surface area contributed by atoms with E-state index < -0.39 is 10.7 Å². The molecule has 0 amide bonds. The van der Waals surface area contributed by atoms with E-state index in [1.807, 2.05) is 0 Å². The lowest BCUT2D eigenvalue weighted by molar-refractivity contribution is -0.402. The van der Waals surface area contributed by atoms with E-state index in [0.29, 0.717) is 10.9 Å². The molecule has 0 aliphatic rings. The van der Waals surface area contributed by atoms with Crippen LogP contribution in [0.3, 0.4) is 0 Å². The molecule has 0 spiro atoms. The van der Waals surface area contributed by atoms with Gasteiger partial charge in [-0.15, -0.1) is 10.2 Å². The summed E-state index contributed by atoms with van der Waals surface area (Å²) in [6.45, 7) is 0. The third-order valence-electron chi connectivity index (χ3n) is 2.98. The Kier molecular flexibility index (Phi) is 4.29. The molecule has 0 aliphatic carbocycles. The van der Waals surface area contributed by atoms with Crippen LogP contribution in [0.4, 0.5) is 10.3 Å². The first-order chi connectivity index (χ1) is 11.6. The molecule has 2 heterocycles. The zero-order valence-corrected chi connectivity index (χ0v) is 12.8. The number of benzene rings is 1. The van der Waals surface area contributed by atoms with Gasteiger partial charge in [0.2, 0.25) is 5.16 Å². The van der Waals surface area contributed by atoms with Crippen LogP contribution in [0.15, 0.2) is 51.4 Å². The number of nitro groups is 1. The van der Waals surface area contributed by atoms with Crippen LogP contribution in [0.5, 0.6) is 0 Å². The van der Waals surface area contributed by atoms with Crippen molar-refractivity contribution in [2.45, 2.75) is 5.16 Å². The van der Waals surface area contributed by atoms with Crippen molar-refractivity contribution in [1.82, 2.24) is 14.9 Å². The van der Waals surface area contributed by atoms with Crippen molar-refractivity contribution in [3.8, 4) is 11.4 Å². The molecule has 0 radical (unpaired) electrons. The second kappa shape index (κ2) is 6.54. The minimum Gasteiger partial charge on any atom is -0.401 e. The summed E-state index contributed by atoms with van der Waals surface area (Å²) >= 11 is 1.11. The standard InChI is InChI=1S/C14H10FN5O3S/c15-11-4-2-1-3-10(11)13-17-18-14(19(13)16)24-8-7-9-5-6-12(23-9)20(21)22/h1-8H,16H2/b8-7+. The number of nitrogens with zero attached hydrogens (tertiary/aromatic N) is 4. The van der Waals surface area contributed by atoms with E-state index >= 15 is 0 Å². The quantitative estimate of drug-likeness (QED) is 0.326. The molecule has 0 bridgehead atoms. The van der Waals surface area contributed by atoms with Crippen LogP contribution in [0.25, 0.3) is 17.5 Å². The summed E-state index contributed by atoms with van der Waals surface area (Å²) in [6, 6.07) is 8.81. The topological polar surface area (TPSA) is 113 Å². The summed E-state index contributed by atoms with van der Waals surface area (Å²) in [4.78, 5) is 9.91. The second-order valence-electron chi connectivity index (χ2n) is 4.51.